The van der Waals surface area contributed by atoms with E-state index >= 15 is 0 Å². The Morgan fingerprint density at radius 1 is 1.18 bits per heavy atom. The van der Waals surface area contributed by atoms with E-state index in [0.717, 1.165) is 16.0 Å². The third kappa shape index (κ3) is 4.79. The zero-order valence-corrected chi connectivity index (χ0v) is 17.0. The number of aromatic nitrogens is 1. The van der Waals surface area contributed by atoms with Crippen molar-refractivity contribution in [1.82, 2.24) is 4.98 Å². The number of hydrogen-bond donors (Lipinski definition) is 1. The number of nitrogens with zero attached hydrogens (tertiary/aromatic N) is 1. The molecule has 1 aromatic heterocycles. The highest BCUT2D eigenvalue weighted by Gasteiger charge is 2.15. The second-order valence-corrected chi connectivity index (χ2v) is 7.36. The molecule has 3 aromatic rings. The summed E-state index contributed by atoms with van der Waals surface area (Å²) in [6.45, 7) is 2.50. The summed E-state index contributed by atoms with van der Waals surface area (Å²) in [6, 6.07) is 10.4. The number of carbonyl (C=O) groups is 2. The Labute approximate surface area is 171 Å². The topological polar surface area (TPSA) is 77.5 Å². The smallest absolute Gasteiger partial charge is 0.226 e. The number of anilines is 1. The van der Waals surface area contributed by atoms with Gasteiger partial charge in [-0.1, -0.05) is 22.9 Å². The first-order chi connectivity index (χ1) is 13.5. The number of benzene rings is 2. The lowest BCUT2D eigenvalue weighted by atomic mass is 10.1. The highest BCUT2D eigenvalue weighted by molar-refractivity contribution is 7.22. The normalized spacial score (nSPS) is 10.7. The molecule has 28 heavy (non-hydrogen) atoms. The number of amides is 1. The highest BCUT2D eigenvalue weighted by Crippen LogP contribution is 2.29. The van der Waals surface area contributed by atoms with Gasteiger partial charge in [-0.15, -0.1) is 0 Å². The third-order valence-corrected chi connectivity index (χ3v) is 5.13. The second kappa shape index (κ2) is 9.03. The average Bonchev–Trinajstić information content (AvgIpc) is 3.07. The van der Waals surface area contributed by atoms with Crippen molar-refractivity contribution in [2.45, 2.75) is 19.8 Å². The van der Waals surface area contributed by atoms with Crippen molar-refractivity contribution in [3.8, 4) is 11.5 Å². The molecule has 0 unspecified atom stereocenters. The number of fused-ring (bicyclic) bond motifs is 1. The number of Topliss-reactive ketones (excluding diaryl/α,β-unsaturated/α-hetero) is 1. The Morgan fingerprint density at radius 3 is 2.75 bits per heavy atom. The number of nitrogens with one attached hydrogen (secondary N) is 1. The summed E-state index contributed by atoms with van der Waals surface area (Å²) in [5.41, 5.74) is 1.15. The van der Waals surface area contributed by atoms with Gasteiger partial charge in [-0.2, -0.15) is 0 Å². The Hall–Kier alpha value is -2.64. The van der Waals surface area contributed by atoms with Crippen molar-refractivity contribution in [3.63, 3.8) is 0 Å². The van der Waals surface area contributed by atoms with Crippen LogP contribution < -0.4 is 14.8 Å². The van der Waals surface area contributed by atoms with Crippen LogP contribution in [0.2, 0.25) is 5.02 Å². The van der Waals surface area contributed by atoms with E-state index in [9.17, 15) is 9.59 Å². The van der Waals surface area contributed by atoms with Gasteiger partial charge in [-0.25, -0.2) is 4.98 Å². The fraction of sp³-hybridized carbons (Fsp3) is 0.250. The van der Waals surface area contributed by atoms with Crippen molar-refractivity contribution in [2.75, 3.05) is 19.0 Å². The summed E-state index contributed by atoms with van der Waals surface area (Å²) in [5, 5.41) is 3.67. The average molecular weight is 419 g/mol. The van der Waals surface area contributed by atoms with E-state index < -0.39 is 0 Å². The van der Waals surface area contributed by atoms with Gasteiger partial charge >= 0.3 is 0 Å². The minimum atomic E-state index is -0.279. The molecule has 6 nitrogen and oxygen atoms in total. The van der Waals surface area contributed by atoms with Gasteiger partial charge in [0, 0.05) is 17.9 Å². The first kappa shape index (κ1) is 20.1. The number of halogens is 1. The van der Waals surface area contributed by atoms with Gasteiger partial charge in [0.05, 0.1) is 29.5 Å². The summed E-state index contributed by atoms with van der Waals surface area (Å²) < 4.78 is 11.6. The number of rotatable bonds is 8. The number of thiazole rings is 1. The molecule has 3 rings (SSSR count). The van der Waals surface area contributed by atoms with Gasteiger partial charge < -0.3 is 14.8 Å². The molecule has 0 saturated heterocycles. The molecular formula is C20H19ClN2O4S. The predicted octanol–water partition coefficient (Wildman–Crippen LogP) is 4.96. The molecule has 0 aliphatic rings. The van der Waals surface area contributed by atoms with Gasteiger partial charge in [0.15, 0.2) is 10.9 Å². The number of ether oxygens (including phenoxy) is 2. The molecule has 1 N–H and O–H groups in total. The minimum Gasteiger partial charge on any atom is -0.496 e. The van der Waals surface area contributed by atoms with E-state index in [-0.39, 0.29) is 24.5 Å². The molecule has 0 saturated carbocycles. The molecule has 0 bridgehead atoms. The van der Waals surface area contributed by atoms with Crippen molar-refractivity contribution in [3.05, 3.63) is 47.0 Å². The van der Waals surface area contributed by atoms with Crippen LogP contribution in [-0.2, 0) is 4.79 Å². The van der Waals surface area contributed by atoms with E-state index in [0.29, 0.717) is 28.1 Å². The standard InChI is InChI=1S/C20H19ClN2O4S/c1-3-27-13-5-6-15-18(11-13)28-20(22-15)23-19(25)9-7-16(24)14-10-12(21)4-8-17(14)26-2/h4-6,8,10-11H,3,7,9H2,1-2H3,(H,22,23,25). The molecule has 8 heteroatoms. The highest BCUT2D eigenvalue weighted by atomic mass is 35.5. The maximum absolute atomic E-state index is 12.4. The van der Waals surface area contributed by atoms with E-state index in [1.54, 1.807) is 18.2 Å². The Balaban J connectivity index is 1.62. The molecule has 0 atom stereocenters. The molecule has 0 fully saturated rings. The van der Waals surface area contributed by atoms with Crippen LogP contribution in [0, 0.1) is 0 Å². The molecule has 1 heterocycles. The van der Waals surface area contributed by atoms with Crippen LogP contribution in [0.3, 0.4) is 0 Å². The van der Waals surface area contributed by atoms with Crippen molar-refractivity contribution in [2.24, 2.45) is 0 Å². The lowest BCUT2D eigenvalue weighted by Gasteiger charge is -2.08. The maximum Gasteiger partial charge on any atom is 0.226 e. The number of methoxy groups -OCH3 is 1. The second-order valence-electron chi connectivity index (χ2n) is 5.90. The molecule has 0 aliphatic heterocycles. The van der Waals surface area contributed by atoms with Gasteiger partial charge in [0.25, 0.3) is 0 Å². The quantitative estimate of drug-likeness (QED) is 0.523. The molecule has 0 radical (unpaired) electrons. The van der Waals surface area contributed by atoms with E-state index in [2.05, 4.69) is 10.3 Å². The van der Waals surface area contributed by atoms with Gasteiger partial charge in [0.1, 0.15) is 11.5 Å². The molecule has 0 aliphatic carbocycles. The largest absolute Gasteiger partial charge is 0.496 e. The summed E-state index contributed by atoms with van der Waals surface area (Å²) in [5.74, 6) is 0.710. The molecular weight excluding hydrogens is 400 g/mol. The lowest BCUT2D eigenvalue weighted by molar-refractivity contribution is -0.116. The van der Waals surface area contributed by atoms with Crippen molar-refractivity contribution < 1.29 is 19.1 Å². The summed E-state index contributed by atoms with van der Waals surface area (Å²) in [6.07, 6.45) is 0.0799. The number of ketones is 1. The monoisotopic (exact) mass is 418 g/mol. The Morgan fingerprint density at radius 2 is 2.00 bits per heavy atom. The zero-order chi connectivity index (χ0) is 20.1. The van der Waals surface area contributed by atoms with Gasteiger partial charge in [0.2, 0.25) is 5.91 Å². The van der Waals surface area contributed by atoms with Crippen LogP contribution in [-0.4, -0.2) is 30.4 Å². The van der Waals surface area contributed by atoms with E-state index in [1.165, 1.54) is 18.4 Å². The molecule has 1 amide bonds. The lowest BCUT2D eigenvalue weighted by Crippen LogP contribution is -2.13. The fourth-order valence-corrected chi connectivity index (χ4v) is 3.74. The Bertz CT molecular complexity index is 1020. The SMILES string of the molecule is CCOc1ccc2nc(NC(=O)CCC(=O)c3cc(Cl)ccc3OC)sc2c1. The van der Waals surface area contributed by atoms with Gasteiger partial charge in [-0.05, 0) is 43.3 Å². The molecule has 2 aromatic carbocycles. The minimum absolute atomic E-state index is 0.0363. The van der Waals surface area contributed by atoms with Crippen LogP contribution in [0.25, 0.3) is 10.2 Å². The van der Waals surface area contributed by atoms with Gasteiger partial charge in [-0.3, -0.25) is 9.59 Å². The third-order valence-electron chi connectivity index (χ3n) is 3.96. The fourth-order valence-electron chi connectivity index (χ4n) is 2.66. The molecule has 146 valence electrons. The van der Waals surface area contributed by atoms with Crippen LogP contribution in [0.5, 0.6) is 11.5 Å². The molecule has 0 spiro atoms. The van der Waals surface area contributed by atoms with E-state index in [1.807, 2.05) is 25.1 Å². The summed E-state index contributed by atoms with van der Waals surface area (Å²) in [7, 11) is 1.48. The van der Waals surface area contributed by atoms with Crippen LogP contribution in [0.1, 0.15) is 30.1 Å². The number of carbonyl (C=O) groups excluding carboxylic acids is 2. The van der Waals surface area contributed by atoms with E-state index in [4.69, 9.17) is 21.1 Å². The first-order valence-corrected chi connectivity index (χ1v) is 9.89. The number of hydrogen-bond acceptors (Lipinski definition) is 6. The zero-order valence-electron chi connectivity index (χ0n) is 15.5. The predicted molar refractivity (Wildman–Crippen MR) is 111 cm³/mol. The van der Waals surface area contributed by atoms with Crippen LogP contribution in [0.4, 0.5) is 5.13 Å². The first-order valence-electron chi connectivity index (χ1n) is 8.70. The van der Waals surface area contributed by atoms with Crippen LogP contribution in [0.15, 0.2) is 36.4 Å². The van der Waals surface area contributed by atoms with Crippen LogP contribution >= 0.6 is 22.9 Å². The summed E-state index contributed by atoms with van der Waals surface area (Å²) in [4.78, 5) is 29.1. The van der Waals surface area contributed by atoms with Crippen molar-refractivity contribution >= 4 is 50.0 Å². The Kier molecular flexibility index (Phi) is 6.49. The van der Waals surface area contributed by atoms with Crippen molar-refractivity contribution in [1.29, 1.82) is 0 Å². The summed E-state index contributed by atoms with van der Waals surface area (Å²) >= 11 is 7.31. The maximum atomic E-state index is 12.4.